The van der Waals surface area contributed by atoms with E-state index >= 15 is 0 Å². The summed E-state index contributed by atoms with van der Waals surface area (Å²) in [6.45, 7) is 10.4. The van der Waals surface area contributed by atoms with Gasteiger partial charge in [0.1, 0.15) is 0 Å². The van der Waals surface area contributed by atoms with Gasteiger partial charge in [0.2, 0.25) is 5.78 Å². The maximum Gasteiger partial charge on any atom is 0.308 e. The number of hydrogen-bond donors (Lipinski definition) is 0. The van der Waals surface area contributed by atoms with Crippen LogP contribution in [0.5, 0.6) is 0 Å². The molecule has 0 radical (unpaired) electrons. The van der Waals surface area contributed by atoms with E-state index in [0.29, 0.717) is 23.1 Å². The van der Waals surface area contributed by atoms with Crippen LogP contribution in [-0.2, 0) is 9.53 Å². The van der Waals surface area contributed by atoms with Crippen LogP contribution in [0.3, 0.4) is 0 Å². The molecule has 4 nitrogen and oxygen atoms in total. The van der Waals surface area contributed by atoms with Crippen LogP contribution >= 0.6 is 0 Å². The molecule has 1 unspecified atom stereocenters. The number of Topliss-reactive ketones (excluding diaryl/α,β-unsaturated/α-hetero) is 2. The van der Waals surface area contributed by atoms with Gasteiger partial charge in [-0.2, -0.15) is 0 Å². The third-order valence-electron chi connectivity index (χ3n) is 4.59. The molecule has 0 N–H and O–H groups in total. The van der Waals surface area contributed by atoms with Gasteiger partial charge in [-0.1, -0.05) is 69.7 Å². The van der Waals surface area contributed by atoms with Crippen LogP contribution in [0.25, 0.3) is 0 Å². The Bertz CT molecular complexity index is 756. The molecule has 0 fully saturated rings. The molecule has 0 heterocycles. The average Bonchev–Trinajstić information content (AvgIpc) is 2.54. The van der Waals surface area contributed by atoms with Crippen molar-refractivity contribution in [3.63, 3.8) is 0 Å². The number of ketones is 2. The van der Waals surface area contributed by atoms with Crippen LogP contribution in [0.15, 0.2) is 35.6 Å². The highest BCUT2D eigenvalue weighted by molar-refractivity contribution is 6.76. The maximum absolute atomic E-state index is 12.9. The minimum Gasteiger partial charge on any atom is -0.422 e. The van der Waals surface area contributed by atoms with Gasteiger partial charge in [-0.25, -0.2) is 0 Å². The fraction of sp³-hybridized carbons (Fsp3) is 0.476. The minimum atomic E-state index is -1.09. The number of benzene rings is 1. The van der Waals surface area contributed by atoms with Crippen molar-refractivity contribution in [2.45, 2.75) is 58.8 Å². The fourth-order valence-corrected chi connectivity index (χ4v) is 4.54. The zero-order chi connectivity index (χ0) is 19.5. The van der Waals surface area contributed by atoms with Crippen molar-refractivity contribution in [3.05, 3.63) is 46.7 Å². The van der Waals surface area contributed by atoms with E-state index in [-0.39, 0.29) is 23.2 Å². The summed E-state index contributed by atoms with van der Waals surface area (Å²) in [5.41, 5.74) is 1.05. The summed E-state index contributed by atoms with van der Waals surface area (Å²) in [5, 5.41) is 0. The normalized spacial score (nSPS) is 15.7. The Balaban J connectivity index is 2.25. The van der Waals surface area contributed by atoms with E-state index in [1.807, 2.05) is 0 Å². The quantitative estimate of drug-likeness (QED) is 0.497. The van der Waals surface area contributed by atoms with Gasteiger partial charge < -0.3 is 4.74 Å². The van der Waals surface area contributed by atoms with Crippen LogP contribution in [0.2, 0.25) is 25.7 Å². The van der Waals surface area contributed by atoms with Crippen molar-refractivity contribution < 1.29 is 19.1 Å². The van der Waals surface area contributed by atoms with E-state index in [1.54, 1.807) is 24.3 Å². The molecule has 1 aliphatic carbocycles. The Morgan fingerprint density at radius 1 is 1.08 bits per heavy atom. The van der Waals surface area contributed by atoms with E-state index < -0.39 is 14.0 Å². The number of rotatable bonds is 7. The van der Waals surface area contributed by atoms with Crippen LogP contribution in [0, 0.1) is 5.92 Å². The lowest BCUT2D eigenvalue weighted by atomic mass is 9.83. The monoisotopic (exact) mass is 372 g/mol. The van der Waals surface area contributed by atoms with E-state index in [1.165, 1.54) is 13.0 Å². The van der Waals surface area contributed by atoms with Gasteiger partial charge in [0.05, 0.1) is 0 Å². The first-order valence-electron chi connectivity index (χ1n) is 9.20. The number of hydrogen-bond acceptors (Lipinski definition) is 4. The molecule has 0 spiro atoms. The summed E-state index contributed by atoms with van der Waals surface area (Å²) < 4.78 is 5.18. The Kier molecular flexibility index (Phi) is 6.34. The first-order chi connectivity index (χ1) is 12.1. The molecule has 1 aliphatic rings. The predicted molar refractivity (Wildman–Crippen MR) is 105 cm³/mol. The van der Waals surface area contributed by atoms with Crippen molar-refractivity contribution in [1.82, 2.24) is 0 Å². The minimum absolute atomic E-state index is 0.0850. The van der Waals surface area contributed by atoms with Crippen molar-refractivity contribution >= 4 is 25.6 Å². The number of allylic oxidation sites excluding steroid dienone is 2. The highest BCUT2D eigenvalue weighted by Gasteiger charge is 2.34. The second kappa shape index (κ2) is 8.12. The summed E-state index contributed by atoms with van der Waals surface area (Å²) in [4.78, 5) is 37.2. The van der Waals surface area contributed by atoms with Crippen LogP contribution in [0.4, 0.5) is 0 Å². The molecule has 140 valence electrons. The number of ether oxygens (including phenoxy) is 1. The molecule has 0 amide bonds. The Morgan fingerprint density at radius 3 is 2.19 bits per heavy atom. The largest absolute Gasteiger partial charge is 0.422 e. The summed E-state index contributed by atoms with van der Waals surface area (Å²) in [6.07, 6.45) is 2.56. The lowest BCUT2D eigenvalue weighted by Gasteiger charge is -2.23. The zero-order valence-electron chi connectivity index (χ0n) is 16.3. The summed E-state index contributed by atoms with van der Waals surface area (Å²) in [6, 6.07) is 7.96. The van der Waals surface area contributed by atoms with E-state index in [0.717, 1.165) is 12.8 Å². The van der Waals surface area contributed by atoms with Gasteiger partial charge in [-0.15, -0.1) is 0 Å². The lowest BCUT2D eigenvalue weighted by molar-refractivity contribution is -0.136. The van der Waals surface area contributed by atoms with Gasteiger partial charge in [0.25, 0.3) is 0 Å². The molecule has 26 heavy (non-hydrogen) atoms. The maximum atomic E-state index is 12.9. The van der Waals surface area contributed by atoms with Crippen LogP contribution < -0.4 is 0 Å². The van der Waals surface area contributed by atoms with Crippen molar-refractivity contribution in [2.75, 3.05) is 0 Å². The number of fused-ring (bicyclic) bond motifs is 1. The molecule has 1 aromatic rings. The molecule has 0 saturated heterocycles. The van der Waals surface area contributed by atoms with Gasteiger partial charge in [0.15, 0.2) is 11.5 Å². The molecule has 5 heteroatoms. The molecular weight excluding hydrogens is 344 g/mol. The highest BCUT2D eigenvalue weighted by Crippen LogP contribution is 2.32. The smallest absolute Gasteiger partial charge is 0.308 e. The van der Waals surface area contributed by atoms with Crippen LogP contribution in [0.1, 0.15) is 53.8 Å². The Hall–Kier alpha value is -2.01. The van der Waals surface area contributed by atoms with Gasteiger partial charge in [0, 0.05) is 31.7 Å². The van der Waals surface area contributed by atoms with Gasteiger partial charge in [-0.05, 0) is 12.3 Å². The van der Waals surface area contributed by atoms with Gasteiger partial charge >= 0.3 is 5.97 Å². The molecule has 1 aromatic carbocycles. The molecular formula is C21H28O4Si. The SMILES string of the molecule is CC(=O)OC1=C(CC(C)CCC[Si](C)(C)C)C(=O)c2ccccc2C1=O. The van der Waals surface area contributed by atoms with E-state index in [9.17, 15) is 14.4 Å². The number of carbonyl (C=O) groups is 3. The number of esters is 1. The van der Waals surface area contributed by atoms with E-state index in [2.05, 4.69) is 26.6 Å². The average molecular weight is 373 g/mol. The molecule has 1 atom stereocenters. The van der Waals surface area contributed by atoms with Crippen molar-refractivity contribution in [2.24, 2.45) is 5.92 Å². The summed E-state index contributed by atoms with van der Waals surface area (Å²) in [5.74, 6) is -0.996. The van der Waals surface area contributed by atoms with Crippen molar-refractivity contribution in [3.8, 4) is 0 Å². The zero-order valence-corrected chi connectivity index (χ0v) is 17.3. The number of carbonyl (C=O) groups excluding carboxylic acids is 3. The third-order valence-corrected chi connectivity index (χ3v) is 6.45. The van der Waals surface area contributed by atoms with Gasteiger partial charge in [-0.3, -0.25) is 14.4 Å². The van der Waals surface area contributed by atoms with E-state index in [4.69, 9.17) is 4.74 Å². The summed E-state index contributed by atoms with van der Waals surface area (Å²) >= 11 is 0. The Labute approximate surface area is 156 Å². The topological polar surface area (TPSA) is 60.4 Å². The summed E-state index contributed by atoms with van der Waals surface area (Å²) in [7, 11) is -1.09. The standard InChI is InChI=1S/C21H28O4Si/c1-14(9-8-12-26(3,4)5)13-18-19(23)16-10-6-7-11-17(16)20(24)21(18)25-15(2)22/h6-7,10-11,14H,8-9,12-13H2,1-5H3. The fourth-order valence-electron chi connectivity index (χ4n) is 3.27. The second-order valence-corrected chi connectivity index (χ2v) is 14.0. The Morgan fingerprint density at radius 2 is 1.65 bits per heavy atom. The lowest BCUT2D eigenvalue weighted by Crippen LogP contribution is -2.25. The molecule has 0 saturated carbocycles. The highest BCUT2D eigenvalue weighted by atomic mass is 28.3. The predicted octanol–water partition coefficient (Wildman–Crippen LogP) is 5.03. The van der Waals surface area contributed by atoms with Crippen molar-refractivity contribution in [1.29, 1.82) is 0 Å². The second-order valence-electron chi connectivity index (χ2n) is 8.37. The molecule has 2 rings (SSSR count). The molecule has 0 aliphatic heterocycles. The molecule has 0 bridgehead atoms. The first kappa shape index (κ1) is 20.3. The first-order valence-corrected chi connectivity index (χ1v) is 12.9. The van der Waals surface area contributed by atoms with Crippen LogP contribution in [-0.4, -0.2) is 25.6 Å². The third kappa shape index (κ3) is 5.01. The molecule has 0 aromatic heterocycles.